The summed E-state index contributed by atoms with van der Waals surface area (Å²) in [7, 11) is 0. The fourth-order valence-corrected chi connectivity index (χ4v) is 2.36. The number of benzene rings is 1. The van der Waals surface area contributed by atoms with Crippen molar-refractivity contribution >= 4 is 6.29 Å². The summed E-state index contributed by atoms with van der Waals surface area (Å²) < 4.78 is 5.87. The fourth-order valence-electron chi connectivity index (χ4n) is 2.36. The van der Waals surface area contributed by atoms with Crippen LogP contribution in [0.5, 0.6) is 5.75 Å². The first-order valence-electron chi connectivity index (χ1n) is 7.50. The van der Waals surface area contributed by atoms with Crippen molar-refractivity contribution in [3.8, 4) is 5.75 Å². The molecule has 1 rings (SSSR count). The first kappa shape index (κ1) is 16.7. The van der Waals surface area contributed by atoms with Gasteiger partial charge in [-0.3, -0.25) is 4.79 Å². The topological polar surface area (TPSA) is 29.5 Å². The van der Waals surface area contributed by atoms with Crippen LogP contribution in [-0.4, -0.2) is 37.4 Å². The molecule has 0 N–H and O–H groups in total. The molecule has 0 unspecified atom stereocenters. The minimum absolute atomic E-state index is 0.255. The molecule has 1 aromatic carbocycles. The van der Waals surface area contributed by atoms with E-state index in [1.165, 1.54) is 0 Å². The predicted octanol–water partition coefficient (Wildman–Crippen LogP) is 3.38. The zero-order chi connectivity index (χ0) is 15.0. The third-order valence-electron chi connectivity index (χ3n) is 3.52. The van der Waals surface area contributed by atoms with Gasteiger partial charge in [0.2, 0.25) is 6.29 Å². The van der Waals surface area contributed by atoms with Crippen molar-refractivity contribution in [2.24, 2.45) is 0 Å². The molecule has 0 spiro atoms. The molecule has 0 amide bonds. The monoisotopic (exact) mass is 276 g/mol. The zero-order valence-electron chi connectivity index (χ0n) is 13.1. The van der Waals surface area contributed by atoms with Gasteiger partial charge in [-0.1, -0.05) is 39.8 Å². The summed E-state index contributed by atoms with van der Waals surface area (Å²) in [6.07, 6.45) is 3.00. The van der Waals surface area contributed by atoms with Crippen LogP contribution in [0.1, 0.15) is 51.2 Å². The van der Waals surface area contributed by atoms with Crippen LogP contribution in [0, 0.1) is 0 Å². The van der Waals surface area contributed by atoms with Gasteiger partial charge in [0.25, 0.3) is 0 Å². The Balaban J connectivity index is 2.62. The molecule has 20 heavy (non-hydrogen) atoms. The molecule has 1 radical (unpaired) electrons. The van der Waals surface area contributed by atoms with Gasteiger partial charge in [0.05, 0.1) is 6.61 Å². The zero-order valence-corrected chi connectivity index (χ0v) is 13.1. The van der Waals surface area contributed by atoms with Gasteiger partial charge in [0.15, 0.2) is 0 Å². The molecule has 1 aromatic rings. The molecule has 3 heteroatoms. The minimum atomic E-state index is 0.255. The maximum Gasteiger partial charge on any atom is 0.233 e. The molecule has 0 aliphatic rings. The molecule has 0 atom stereocenters. The van der Waals surface area contributed by atoms with Gasteiger partial charge in [-0.05, 0) is 31.5 Å². The van der Waals surface area contributed by atoms with Crippen LogP contribution in [0.25, 0.3) is 0 Å². The van der Waals surface area contributed by atoms with Crippen molar-refractivity contribution in [2.45, 2.75) is 40.0 Å². The summed E-state index contributed by atoms with van der Waals surface area (Å²) in [5.41, 5.74) is 1.58. The molecule has 0 heterocycles. The van der Waals surface area contributed by atoms with Crippen LogP contribution in [0.2, 0.25) is 0 Å². The van der Waals surface area contributed by atoms with E-state index in [-0.39, 0.29) is 5.92 Å². The van der Waals surface area contributed by atoms with Gasteiger partial charge in [-0.25, -0.2) is 0 Å². The highest BCUT2D eigenvalue weighted by Gasteiger charge is 2.13. The second-order valence-corrected chi connectivity index (χ2v) is 5.20. The van der Waals surface area contributed by atoms with Crippen molar-refractivity contribution in [3.63, 3.8) is 0 Å². The van der Waals surface area contributed by atoms with Crippen molar-refractivity contribution in [1.29, 1.82) is 0 Å². The van der Waals surface area contributed by atoms with E-state index in [1.807, 2.05) is 18.4 Å². The van der Waals surface area contributed by atoms with Crippen molar-refractivity contribution < 1.29 is 9.53 Å². The van der Waals surface area contributed by atoms with E-state index in [0.29, 0.717) is 12.2 Å². The lowest BCUT2D eigenvalue weighted by molar-refractivity contribution is 0.247. The Hall–Kier alpha value is -1.35. The third kappa shape index (κ3) is 4.64. The molecule has 0 aliphatic heterocycles. The van der Waals surface area contributed by atoms with Crippen LogP contribution in [0.15, 0.2) is 18.2 Å². The predicted molar refractivity (Wildman–Crippen MR) is 83.2 cm³/mol. The summed E-state index contributed by atoms with van der Waals surface area (Å²) in [6, 6.07) is 5.59. The Bertz CT molecular complexity index is 411. The molecule has 0 fully saturated rings. The largest absolute Gasteiger partial charge is 0.493 e. The Labute approximate surface area is 122 Å². The molecule has 0 aromatic heterocycles. The standard InChI is InChI=1S/C17H26NO2/c1-5-18(6-2)11-8-12-20-16-10-7-9-15(13-19)17(16)14(3)4/h7,9-10,14H,5-6,8,11-12H2,1-4H3. The number of carbonyl (C=O) groups excluding carboxylic acids is 1. The van der Waals surface area contributed by atoms with Gasteiger partial charge in [0.1, 0.15) is 5.75 Å². The van der Waals surface area contributed by atoms with Crippen LogP contribution in [-0.2, 0) is 4.79 Å². The Morgan fingerprint density at radius 3 is 2.50 bits per heavy atom. The minimum Gasteiger partial charge on any atom is -0.493 e. The summed E-state index contributed by atoms with van der Waals surface area (Å²) in [4.78, 5) is 13.4. The molecular weight excluding hydrogens is 250 g/mol. The Morgan fingerprint density at radius 1 is 1.25 bits per heavy atom. The van der Waals surface area contributed by atoms with E-state index in [4.69, 9.17) is 4.74 Å². The summed E-state index contributed by atoms with van der Waals surface area (Å²) in [5.74, 6) is 1.07. The van der Waals surface area contributed by atoms with Crippen LogP contribution < -0.4 is 4.74 Å². The van der Waals surface area contributed by atoms with E-state index in [0.717, 1.165) is 37.4 Å². The van der Waals surface area contributed by atoms with Crippen molar-refractivity contribution in [1.82, 2.24) is 4.90 Å². The number of hydrogen-bond acceptors (Lipinski definition) is 3. The average Bonchev–Trinajstić information content (AvgIpc) is 2.46. The van der Waals surface area contributed by atoms with Crippen LogP contribution in [0.3, 0.4) is 0 Å². The number of rotatable bonds is 9. The van der Waals surface area contributed by atoms with Gasteiger partial charge in [-0.15, -0.1) is 0 Å². The fraction of sp³-hybridized carbons (Fsp3) is 0.588. The first-order valence-corrected chi connectivity index (χ1v) is 7.50. The molecule has 3 nitrogen and oxygen atoms in total. The summed E-state index contributed by atoms with van der Waals surface area (Å²) >= 11 is 0. The van der Waals surface area contributed by atoms with Gasteiger partial charge in [-0.2, -0.15) is 0 Å². The second kappa shape index (κ2) is 8.75. The maximum atomic E-state index is 11.0. The first-order chi connectivity index (χ1) is 9.63. The third-order valence-corrected chi connectivity index (χ3v) is 3.52. The SMILES string of the molecule is CCN(CC)CCCOc1cccc([C]=O)c1C(C)C. The van der Waals surface area contributed by atoms with Gasteiger partial charge in [0, 0.05) is 17.7 Å². The molecule has 0 aliphatic carbocycles. The van der Waals surface area contributed by atoms with E-state index >= 15 is 0 Å². The highest BCUT2D eigenvalue weighted by molar-refractivity contribution is 5.79. The summed E-state index contributed by atoms with van der Waals surface area (Å²) in [6.45, 7) is 12.3. The van der Waals surface area contributed by atoms with Gasteiger partial charge >= 0.3 is 0 Å². The second-order valence-electron chi connectivity index (χ2n) is 5.20. The molecule has 111 valence electrons. The molecule has 0 bridgehead atoms. The van der Waals surface area contributed by atoms with Crippen molar-refractivity contribution in [2.75, 3.05) is 26.2 Å². The van der Waals surface area contributed by atoms with E-state index in [9.17, 15) is 4.79 Å². The lowest BCUT2D eigenvalue weighted by atomic mass is 9.97. The highest BCUT2D eigenvalue weighted by Crippen LogP contribution is 2.29. The Morgan fingerprint density at radius 2 is 1.95 bits per heavy atom. The van der Waals surface area contributed by atoms with E-state index < -0.39 is 0 Å². The lowest BCUT2D eigenvalue weighted by Gasteiger charge is -2.19. The normalized spacial score (nSPS) is 11.1. The lowest BCUT2D eigenvalue weighted by Crippen LogP contribution is -2.25. The van der Waals surface area contributed by atoms with Crippen LogP contribution >= 0.6 is 0 Å². The number of hydrogen-bond donors (Lipinski definition) is 0. The average molecular weight is 276 g/mol. The summed E-state index contributed by atoms with van der Waals surface area (Å²) in [5, 5.41) is 0. The van der Waals surface area contributed by atoms with Crippen molar-refractivity contribution in [3.05, 3.63) is 29.3 Å². The highest BCUT2D eigenvalue weighted by atomic mass is 16.5. The Kier molecular flexibility index (Phi) is 7.31. The number of ether oxygens (including phenoxy) is 1. The molecule has 0 saturated carbocycles. The quantitative estimate of drug-likeness (QED) is 0.648. The van der Waals surface area contributed by atoms with Crippen LogP contribution in [0.4, 0.5) is 0 Å². The maximum absolute atomic E-state index is 11.0. The smallest absolute Gasteiger partial charge is 0.233 e. The number of nitrogens with zero attached hydrogens (tertiary/aromatic N) is 1. The molecular formula is C17H26NO2. The van der Waals surface area contributed by atoms with E-state index in [1.54, 1.807) is 6.07 Å². The van der Waals surface area contributed by atoms with E-state index in [2.05, 4.69) is 32.6 Å². The van der Waals surface area contributed by atoms with Gasteiger partial charge < -0.3 is 9.64 Å². The molecule has 0 saturated heterocycles.